The molecule has 0 aliphatic heterocycles. The lowest BCUT2D eigenvalue weighted by Gasteiger charge is -2.03. The Balaban J connectivity index is 1.83. The highest BCUT2D eigenvalue weighted by Crippen LogP contribution is 2.17. The second-order valence-electron chi connectivity index (χ2n) is 4.42. The summed E-state index contributed by atoms with van der Waals surface area (Å²) in [6.45, 7) is 0.252. The van der Waals surface area contributed by atoms with Crippen molar-refractivity contribution in [3.05, 3.63) is 65.1 Å². The largest absolute Gasteiger partial charge is 0.487 e. The summed E-state index contributed by atoms with van der Waals surface area (Å²) in [6, 6.07) is 11.9. The lowest BCUT2D eigenvalue weighted by atomic mass is 10.3. The van der Waals surface area contributed by atoms with E-state index in [2.05, 4.69) is 4.98 Å². The van der Waals surface area contributed by atoms with Crippen molar-refractivity contribution in [1.82, 2.24) is 9.38 Å². The quantitative estimate of drug-likeness (QED) is 0.803. The summed E-state index contributed by atoms with van der Waals surface area (Å²) in [5.74, 6) is -0.321. The van der Waals surface area contributed by atoms with Gasteiger partial charge in [-0.2, -0.15) is 0 Å². The molecule has 0 spiro atoms. The zero-order valence-electron chi connectivity index (χ0n) is 10.9. The fourth-order valence-electron chi connectivity index (χ4n) is 1.99. The maximum Gasteiger partial charge on any atom is 0.352 e. The first-order chi connectivity index (χ1) is 10.1. The molecule has 6 heteroatoms. The molecule has 106 valence electrons. The van der Waals surface area contributed by atoms with Crippen LogP contribution in [0.1, 0.15) is 16.2 Å². The van der Waals surface area contributed by atoms with E-state index in [0.717, 1.165) is 0 Å². The van der Waals surface area contributed by atoms with Crippen LogP contribution in [0.25, 0.3) is 5.65 Å². The fraction of sp³-hybridized carbons (Fsp3) is 0.0667. The van der Waals surface area contributed by atoms with Crippen molar-refractivity contribution in [3.63, 3.8) is 0 Å². The molecule has 0 aliphatic rings. The lowest BCUT2D eigenvalue weighted by Crippen LogP contribution is -2.03. The van der Waals surface area contributed by atoms with Crippen LogP contribution in [-0.4, -0.2) is 20.5 Å². The summed E-state index contributed by atoms with van der Waals surface area (Å²) in [5, 5.41) is 9.77. The van der Waals surface area contributed by atoms with Crippen molar-refractivity contribution < 1.29 is 14.6 Å². The molecule has 5 nitrogen and oxygen atoms in total. The van der Waals surface area contributed by atoms with Crippen molar-refractivity contribution in [3.8, 4) is 5.75 Å². The van der Waals surface area contributed by atoms with Gasteiger partial charge in [0.25, 0.3) is 0 Å². The number of hydrogen-bond acceptors (Lipinski definition) is 3. The molecule has 0 amide bonds. The van der Waals surface area contributed by atoms with Crippen LogP contribution in [0.3, 0.4) is 0 Å². The molecule has 0 aliphatic carbocycles. The van der Waals surface area contributed by atoms with E-state index in [-0.39, 0.29) is 12.3 Å². The molecule has 21 heavy (non-hydrogen) atoms. The van der Waals surface area contributed by atoms with Crippen LogP contribution in [0.2, 0.25) is 5.02 Å². The first kappa shape index (κ1) is 13.5. The Morgan fingerprint density at radius 2 is 2.00 bits per heavy atom. The third-order valence-corrected chi connectivity index (χ3v) is 3.21. The topological polar surface area (TPSA) is 63.8 Å². The van der Waals surface area contributed by atoms with Gasteiger partial charge in [-0.05, 0) is 36.4 Å². The summed E-state index contributed by atoms with van der Waals surface area (Å²) in [6.07, 6.45) is 1.66. The van der Waals surface area contributed by atoms with Crippen LogP contribution in [-0.2, 0) is 6.61 Å². The first-order valence-electron chi connectivity index (χ1n) is 6.22. The molecule has 0 radical (unpaired) electrons. The van der Waals surface area contributed by atoms with E-state index in [1.165, 1.54) is 10.5 Å². The Morgan fingerprint density at radius 3 is 2.71 bits per heavy atom. The number of halogens is 1. The number of benzene rings is 1. The fourth-order valence-corrected chi connectivity index (χ4v) is 2.12. The van der Waals surface area contributed by atoms with Gasteiger partial charge in [0.15, 0.2) is 0 Å². The molecule has 1 N–H and O–H groups in total. The lowest BCUT2D eigenvalue weighted by molar-refractivity contribution is 0.0689. The number of fused-ring (bicyclic) bond motifs is 1. The maximum absolute atomic E-state index is 11.1. The van der Waals surface area contributed by atoms with Crippen LogP contribution >= 0.6 is 11.6 Å². The molecule has 0 atom stereocenters. The Bertz CT molecular complexity index is 796. The number of aromatic carboxylic acids is 1. The van der Waals surface area contributed by atoms with Crippen molar-refractivity contribution in [2.24, 2.45) is 0 Å². The van der Waals surface area contributed by atoms with Gasteiger partial charge in [0.1, 0.15) is 23.7 Å². The van der Waals surface area contributed by atoms with Crippen molar-refractivity contribution in [1.29, 1.82) is 0 Å². The number of rotatable bonds is 4. The molecule has 2 heterocycles. The standard InChI is InChI=1S/C15H11ClN2O3/c16-10-4-6-12(7-5-10)21-9-11-8-18-13(15(19)20)2-1-3-14(18)17-11/h1-8H,9H2,(H,19,20). The van der Waals surface area contributed by atoms with Gasteiger partial charge in [-0.1, -0.05) is 17.7 Å². The Kier molecular flexibility index (Phi) is 3.50. The smallest absolute Gasteiger partial charge is 0.352 e. The predicted octanol–water partition coefficient (Wildman–Crippen LogP) is 3.26. The number of aromatic nitrogens is 2. The van der Waals surface area contributed by atoms with Crippen molar-refractivity contribution in [2.75, 3.05) is 0 Å². The van der Waals surface area contributed by atoms with Gasteiger partial charge in [0.2, 0.25) is 0 Å². The minimum Gasteiger partial charge on any atom is -0.487 e. The third kappa shape index (κ3) is 2.83. The highest BCUT2D eigenvalue weighted by molar-refractivity contribution is 6.30. The van der Waals surface area contributed by atoms with Crippen LogP contribution in [0.4, 0.5) is 0 Å². The van der Waals surface area contributed by atoms with E-state index in [1.807, 2.05) is 0 Å². The van der Waals surface area contributed by atoms with E-state index in [4.69, 9.17) is 21.4 Å². The Hall–Kier alpha value is -2.53. The SMILES string of the molecule is O=C(O)c1cccc2nc(COc3ccc(Cl)cc3)cn12. The number of pyridine rings is 1. The maximum atomic E-state index is 11.1. The van der Waals surface area contributed by atoms with Crippen LogP contribution in [0.15, 0.2) is 48.7 Å². The van der Waals surface area contributed by atoms with E-state index in [0.29, 0.717) is 22.1 Å². The second kappa shape index (κ2) is 5.46. The summed E-state index contributed by atoms with van der Waals surface area (Å²) in [7, 11) is 0. The average molecular weight is 303 g/mol. The molecule has 0 saturated carbocycles. The number of hydrogen-bond donors (Lipinski definition) is 1. The molecule has 1 aromatic carbocycles. The van der Waals surface area contributed by atoms with E-state index in [9.17, 15) is 4.79 Å². The van der Waals surface area contributed by atoms with Gasteiger partial charge in [0, 0.05) is 11.2 Å². The summed E-state index contributed by atoms with van der Waals surface area (Å²) >= 11 is 5.80. The molecular formula is C15H11ClN2O3. The number of nitrogens with zero attached hydrogens (tertiary/aromatic N) is 2. The number of imidazole rings is 1. The van der Waals surface area contributed by atoms with E-state index in [1.54, 1.807) is 42.6 Å². The molecule has 3 aromatic rings. The molecule has 3 rings (SSSR count). The van der Waals surface area contributed by atoms with Crippen LogP contribution in [0, 0.1) is 0 Å². The van der Waals surface area contributed by atoms with Crippen LogP contribution in [0.5, 0.6) is 5.75 Å². The number of carboxylic acids is 1. The second-order valence-corrected chi connectivity index (χ2v) is 4.86. The molecule has 0 bridgehead atoms. The number of carboxylic acid groups (broad SMARTS) is 1. The molecular weight excluding hydrogens is 292 g/mol. The van der Waals surface area contributed by atoms with Gasteiger partial charge < -0.3 is 9.84 Å². The number of carbonyl (C=O) groups is 1. The van der Waals surface area contributed by atoms with Gasteiger partial charge in [-0.3, -0.25) is 4.40 Å². The zero-order chi connectivity index (χ0) is 14.8. The molecule has 2 aromatic heterocycles. The highest BCUT2D eigenvalue weighted by atomic mass is 35.5. The minimum absolute atomic E-state index is 0.165. The predicted molar refractivity (Wildman–Crippen MR) is 77.9 cm³/mol. The Labute approximate surface area is 125 Å². The molecule has 0 unspecified atom stereocenters. The van der Waals surface area contributed by atoms with Gasteiger partial charge in [0.05, 0.1) is 5.69 Å². The van der Waals surface area contributed by atoms with Crippen molar-refractivity contribution in [2.45, 2.75) is 6.61 Å². The third-order valence-electron chi connectivity index (χ3n) is 2.96. The summed E-state index contributed by atoms with van der Waals surface area (Å²) in [5.41, 5.74) is 1.39. The monoisotopic (exact) mass is 302 g/mol. The van der Waals surface area contributed by atoms with E-state index < -0.39 is 5.97 Å². The Morgan fingerprint density at radius 1 is 1.24 bits per heavy atom. The minimum atomic E-state index is -0.997. The van der Waals surface area contributed by atoms with Crippen molar-refractivity contribution >= 4 is 23.2 Å². The summed E-state index contributed by atoms with van der Waals surface area (Å²) < 4.78 is 7.13. The highest BCUT2D eigenvalue weighted by Gasteiger charge is 2.10. The summed E-state index contributed by atoms with van der Waals surface area (Å²) in [4.78, 5) is 15.5. The molecule has 0 fully saturated rings. The zero-order valence-corrected chi connectivity index (χ0v) is 11.6. The van der Waals surface area contributed by atoms with Gasteiger partial charge in [-0.25, -0.2) is 9.78 Å². The molecule has 0 saturated heterocycles. The number of ether oxygens (including phenoxy) is 1. The van der Waals surface area contributed by atoms with E-state index >= 15 is 0 Å². The van der Waals surface area contributed by atoms with Gasteiger partial charge in [-0.15, -0.1) is 0 Å². The normalized spacial score (nSPS) is 10.7. The first-order valence-corrected chi connectivity index (χ1v) is 6.60. The average Bonchev–Trinajstić information content (AvgIpc) is 2.89. The van der Waals surface area contributed by atoms with Gasteiger partial charge >= 0.3 is 5.97 Å². The van der Waals surface area contributed by atoms with Crippen LogP contribution < -0.4 is 4.74 Å².